The molecule has 0 atom stereocenters. The highest BCUT2D eigenvalue weighted by atomic mass is 35.5. The van der Waals surface area contributed by atoms with Crippen molar-refractivity contribution in [2.24, 2.45) is 4.99 Å². The first-order valence-corrected chi connectivity index (χ1v) is 8.24. The average molecular weight is 300 g/mol. The number of hydrogen-bond acceptors (Lipinski definition) is 4. The van der Waals surface area contributed by atoms with Crippen LogP contribution in [0.1, 0.15) is 31.2 Å². The van der Waals surface area contributed by atoms with Gasteiger partial charge in [-0.2, -0.15) is 4.99 Å². The summed E-state index contributed by atoms with van der Waals surface area (Å²) in [6.07, 6.45) is 6.07. The third-order valence-corrected chi connectivity index (χ3v) is 4.84. The maximum Gasteiger partial charge on any atom is 0.235 e. The van der Waals surface area contributed by atoms with Crippen molar-refractivity contribution in [3.05, 3.63) is 28.8 Å². The molecule has 2 rings (SSSR count). The number of aliphatic imine (C=N–C) groups is 1. The Morgan fingerprint density at radius 3 is 2.42 bits per heavy atom. The Hall–Kier alpha value is -1.16. The average Bonchev–Trinajstić information content (AvgIpc) is 2.77. The molecule has 1 aliphatic rings. The van der Waals surface area contributed by atoms with Gasteiger partial charge in [0.05, 0.1) is 10.4 Å². The Morgan fingerprint density at radius 1 is 1.26 bits per heavy atom. The van der Waals surface area contributed by atoms with Crippen molar-refractivity contribution in [2.75, 3.05) is 6.26 Å². The van der Waals surface area contributed by atoms with Gasteiger partial charge in [0.1, 0.15) is 0 Å². The van der Waals surface area contributed by atoms with Gasteiger partial charge >= 0.3 is 0 Å². The molecule has 6 heteroatoms. The Morgan fingerprint density at radius 2 is 1.89 bits per heavy atom. The van der Waals surface area contributed by atoms with Crippen molar-refractivity contribution < 1.29 is 13.2 Å². The molecule has 0 aromatic heterocycles. The van der Waals surface area contributed by atoms with Crippen LogP contribution in [0, 0.1) is 0 Å². The summed E-state index contributed by atoms with van der Waals surface area (Å²) in [4.78, 5) is 14.7. The summed E-state index contributed by atoms with van der Waals surface area (Å²) >= 11 is 5.99. The largest absolute Gasteiger partial charge is 0.235 e. The third-order valence-electron chi connectivity index (χ3n) is 3.53. The Labute approximate surface area is 117 Å². The van der Waals surface area contributed by atoms with Crippen molar-refractivity contribution in [3.8, 4) is 0 Å². The molecular weight excluding hydrogens is 286 g/mol. The predicted octanol–water partition coefficient (Wildman–Crippen LogP) is 2.85. The second-order valence-electron chi connectivity index (χ2n) is 4.89. The van der Waals surface area contributed by atoms with E-state index in [2.05, 4.69) is 4.99 Å². The Kier molecular flexibility index (Phi) is 3.81. The number of carbonyl (C=O) groups excluding carboxylic acids is 1. The summed E-state index contributed by atoms with van der Waals surface area (Å²) < 4.78 is 23.3. The van der Waals surface area contributed by atoms with Crippen LogP contribution in [0.5, 0.6) is 0 Å². The van der Waals surface area contributed by atoms with E-state index in [1.165, 1.54) is 6.07 Å². The summed E-state index contributed by atoms with van der Waals surface area (Å²) in [5, 5.41) is 0.338. The van der Waals surface area contributed by atoms with E-state index >= 15 is 0 Å². The fraction of sp³-hybridized carbons (Fsp3) is 0.462. The summed E-state index contributed by atoms with van der Waals surface area (Å²) in [6, 6.07) is 4.66. The smallest absolute Gasteiger partial charge is 0.224 e. The predicted molar refractivity (Wildman–Crippen MR) is 72.8 cm³/mol. The van der Waals surface area contributed by atoms with Crippen LogP contribution in [-0.4, -0.2) is 20.8 Å². The van der Waals surface area contributed by atoms with Crippen LogP contribution >= 0.6 is 11.6 Å². The molecule has 0 N–H and O–H groups in total. The number of rotatable bonds is 3. The monoisotopic (exact) mass is 299 g/mol. The van der Waals surface area contributed by atoms with E-state index in [4.69, 9.17) is 11.6 Å². The fourth-order valence-corrected chi connectivity index (χ4v) is 3.54. The van der Waals surface area contributed by atoms with Crippen molar-refractivity contribution in [3.63, 3.8) is 0 Å². The number of nitrogens with zero attached hydrogens (tertiary/aromatic N) is 1. The minimum atomic E-state index is -3.34. The number of hydrogen-bond donors (Lipinski definition) is 0. The molecular formula is C13H14ClNO3S. The number of isocyanates is 1. The molecule has 0 amide bonds. The molecule has 19 heavy (non-hydrogen) atoms. The highest BCUT2D eigenvalue weighted by Gasteiger charge is 2.36. The molecule has 1 aliphatic carbocycles. The molecule has 0 radical (unpaired) electrons. The standard InChI is InChI=1S/C13H14ClNO3S/c1-19(17,18)12-7-10(6-11(14)8-12)13(15-9-16)4-2-3-5-13/h6-8H,2-5H2,1H3. The van der Waals surface area contributed by atoms with Gasteiger partial charge in [0, 0.05) is 11.3 Å². The van der Waals surface area contributed by atoms with Gasteiger partial charge < -0.3 is 0 Å². The molecule has 0 unspecified atom stereocenters. The zero-order valence-corrected chi connectivity index (χ0v) is 12.1. The first-order chi connectivity index (χ1) is 8.87. The molecule has 0 spiro atoms. The van der Waals surface area contributed by atoms with Crippen molar-refractivity contribution in [1.29, 1.82) is 0 Å². The summed E-state index contributed by atoms with van der Waals surface area (Å²) in [7, 11) is -3.34. The van der Waals surface area contributed by atoms with Crippen LogP contribution in [0.25, 0.3) is 0 Å². The van der Waals surface area contributed by atoms with Crippen LogP contribution in [0.2, 0.25) is 5.02 Å². The van der Waals surface area contributed by atoms with Crippen molar-refractivity contribution in [1.82, 2.24) is 0 Å². The van der Waals surface area contributed by atoms with Gasteiger partial charge in [0.15, 0.2) is 9.84 Å². The SMILES string of the molecule is CS(=O)(=O)c1cc(Cl)cc(C2(N=C=O)CCCC2)c1. The molecule has 0 aliphatic heterocycles. The molecule has 1 aromatic rings. The molecule has 4 nitrogen and oxygen atoms in total. The molecule has 1 saturated carbocycles. The molecule has 1 aromatic carbocycles. The van der Waals surface area contributed by atoms with E-state index in [0.29, 0.717) is 23.4 Å². The molecule has 0 saturated heterocycles. The molecule has 102 valence electrons. The molecule has 0 heterocycles. The Bertz CT molecular complexity index is 642. The zero-order valence-electron chi connectivity index (χ0n) is 10.5. The van der Waals surface area contributed by atoms with Gasteiger partial charge in [-0.3, -0.25) is 0 Å². The van der Waals surface area contributed by atoms with Gasteiger partial charge in [0.25, 0.3) is 0 Å². The second kappa shape index (κ2) is 5.08. The topological polar surface area (TPSA) is 63.6 Å². The minimum absolute atomic E-state index is 0.155. The lowest BCUT2D eigenvalue weighted by Crippen LogP contribution is -2.19. The summed E-state index contributed by atoms with van der Waals surface area (Å²) in [5.74, 6) is 0. The minimum Gasteiger partial charge on any atom is -0.224 e. The first-order valence-electron chi connectivity index (χ1n) is 5.98. The maximum absolute atomic E-state index is 11.6. The fourth-order valence-electron chi connectivity index (χ4n) is 2.56. The van der Waals surface area contributed by atoms with Gasteiger partial charge in [-0.1, -0.05) is 24.4 Å². The van der Waals surface area contributed by atoms with Crippen molar-refractivity contribution in [2.45, 2.75) is 36.1 Å². The van der Waals surface area contributed by atoms with Crippen LogP contribution in [0.3, 0.4) is 0 Å². The van der Waals surface area contributed by atoms with E-state index in [1.807, 2.05) is 0 Å². The van der Waals surface area contributed by atoms with E-state index in [1.54, 1.807) is 18.2 Å². The molecule has 0 bridgehead atoms. The van der Waals surface area contributed by atoms with Crippen LogP contribution < -0.4 is 0 Å². The van der Waals surface area contributed by atoms with Gasteiger partial charge in [0.2, 0.25) is 6.08 Å². The van der Waals surface area contributed by atoms with E-state index < -0.39 is 15.4 Å². The first kappa shape index (κ1) is 14.3. The Balaban J connectivity index is 2.62. The zero-order chi connectivity index (χ0) is 14.1. The lowest BCUT2D eigenvalue weighted by atomic mass is 9.89. The third kappa shape index (κ3) is 2.89. The lowest BCUT2D eigenvalue weighted by Gasteiger charge is -2.23. The van der Waals surface area contributed by atoms with E-state index in [9.17, 15) is 13.2 Å². The summed E-state index contributed by atoms with van der Waals surface area (Å²) in [6.45, 7) is 0. The quantitative estimate of drug-likeness (QED) is 0.637. The highest BCUT2D eigenvalue weighted by Crippen LogP contribution is 2.43. The molecule has 1 fully saturated rings. The van der Waals surface area contributed by atoms with E-state index in [-0.39, 0.29) is 4.90 Å². The number of sulfone groups is 1. The highest BCUT2D eigenvalue weighted by molar-refractivity contribution is 7.90. The van der Waals surface area contributed by atoms with Crippen molar-refractivity contribution >= 4 is 27.5 Å². The summed E-state index contributed by atoms with van der Waals surface area (Å²) in [5.41, 5.74) is 0.0211. The maximum atomic E-state index is 11.6. The number of benzene rings is 1. The van der Waals surface area contributed by atoms with Crippen LogP contribution in [0.4, 0.5) is 0 Å². The van der Waals surface area contributed by atoms with Gasteiger partial charge in [-0.05, 0) is 36.6 Å². The van der Waals surface area contributed by atoms with Crippen LogP contribution in [0.15, 0.2) is 28.1 Å². The second-order valence-corrected chi connectivity index (χ2v) is 7.34. The van der Waals surface area contributed by atoms with E-state index in [0.717, 1.165) is 19.1 Å². The normalized spacial score (nSPS) is 18.0. The van der Waals surface area contributed by atoms with Crippen LogP contribution in [-0.2, 0) is 20.2 Å². The number of halogens is 1. The lowest BCUT2D eigenvalue weighted by molar-refractivity contribution is 0.455. The van der Waals surface area contributed by atoms with Gasteiger partial charge in [-0.25, -0.2) is 13.2 Å². The van der Waals surface area contributed by atoms with Gasteiger partial charge in [-0.15, -0.1) is 0 Å².